The topological polar surface area (TPSA) is 43.4 Å². The summed E-state index contributed by atoms with van der Waals surface area (Å²) < 4.78 is 11.2. The number of benzene rings is 1. The number of nitrogens with zero attached hydrogens (tertiary/aromatic N) is 1. The lowest BCUT2D eigenvalue weighted by Gasteiger charge is -2.28. The van der Waals surface area contributed by atoms with Crippen molar-refractivity contribution in [3.63, 3.8) is 0 Å². The van der Waals surface area contributed by atoms with Crippen LogP contribution in [0.25, 0.3) is 0 Å². The van der Waals surface area contributed by atoms with E-state index >= 15 is 0 Å². The summed E-state index contributed by atoms with van der Waals surface area (Å²) in [5.41, 5.74) is 4.81. The van der Waals surface area contributed by atoms with E-state index in [1.807, 2.05) is 19.2 Å². The van der Waals surface area contributed by atoms with Crippen molar-refractivity contribution in [1.82, 2.24) is 10.3 Å². The predicted octanol–water partition coefficient (Wildman–Crippen LogP) is 3.03. The van der Waals surface area contributed by atoms with Gasteiger partial charge in [0.25, 0.3) is 0 Å². The Morgan fingerprint density at radius 3 is 2.91 bits per heavy atom. The summed E-state index contributed by atoms with van der Waals surface area (Å²) >= 11 is 0. The molecule has 0 fully saturated rings. The van der Waals surface area contributed by atoms with Crippen molar-refractivity contribution in [2.24, 2.45) is 0 Å². The maximum atomic E-state index is 5.74. The lowest BCUT2D eigenvalue weighted by atomic mass is 9.90. The molecule has 0 saturated heterocycles. The lowest BCUT2D eigenvalue weighted by molar-refractivity contribution is 0.309. The number of pyridine rings is 1. The van der Waals surface area contributed by atoms with E-state index in [1.54, 1.807) is 7.11 Å². The molecule has 1 N–H and O–H groups in total. The van der Waals surface area contributed by atoms with Gasteiger partial charge in [-0.15, -0.1) is 0 Å². The Labute approximate surface area is 131 Å². The zero-order valence-electron chi connectivity index (χ0n) is 13.3. The molecule has 1 aliphatic heterocycles. The summed E-state index contributed by atoms with van der Waals surface area (Å²) in [4.78, 5) is 4.58. The van der Waals surface area contributed by atoms with E-state index in [2.05, 4.69) is 35.4 Å². The van der Waals surface area contributed by atoms with Crippen LogP contribution in [0.1, 0.15) is 35.3 Å². The third kappa shape index (κ3) is 2.66. The molecule has 0 aliphatic carbocycles. The molecule has 3 rings (SSSR count). The molecule has 1 aliphatic rings. The third-order valence-electron chi connectivity index (χ3n) is 4.10. The van der Waals surface area contributed by atoms with Crippen LogP contribution in [0.15, 0.2) is 30.5 Å². The first-order valence-electron chi connectivity index (χ1n) is 7.73. The molecule has 1 atom stereocenters. The molecule has 1 aromatic heterocycles. The molecule has 2 heterocycles. The highest BCUT2D eigenvalue weighted by Gasteiger charge is 2.25. The fourth-order valence-electron chi connectivity index (χ4n) is 3.04. The molecule has 4 nitrogen and oxygen atoms in total. The van der Waals surface area contributed by atoms with Crippen molar-refractivity contribution in [1.29, 1.82) is 0 Å². The second-order valence-corrected chi connectivity index (χ2v) is 5.48. The van der Waals surface area contributed by atoms with Gasteiger partial charge in [-0.05, 0) is 55.2 Å². The maximum Gasteiger partial charge on any atom is 0.161 e. The van der Waals surface area contributed by atoms with Crippen LogP contribution >= 0.6 is 0 Å². The van der Waals surface area contributed by atoms with Crippen LogP contribution in [0.3, 0.4) is 0 Å². The molecule has 2 aromatic rings. The average molecular weight is 298 g/mol. The first kappa shape index (κ1) is 14.9. The largest absolute Gasteiger partial charge is 0.493 e. The molecule has 1 unspecified atom stereocenters. The first-order chi connectivity index (χ1) is 10.7. The summed E-state index contributed by atoms with van der Waals surface area (Å²) in [6, 6.07) is 8.39. The van der Waals surface area contributed by atoms with Crippen LogP contribution < -0.4 is 14.8 Å². The van der Waals surface area contributed by atoms with Crippen LogP contribution in [0.5, 0.6) is 11.5 Å². The maximum absolute atomic E-state index is 5.74. The van der Waals surface area contributed by atoms with Crippen molar-refractivity contribution in [3.8, 4) is 11.5 Å². The molecule has 0 radical (unpaired) electrons. The van der Waals surface area contributed by atoms with Crippen LogP contribution in [-0.4, -0.2) is 25.2 Å². The Kier molecular flexibility index (Phi) is 4.29. The zero-order chi connectivity index (χ0) is 15.5. The Morgan fingerprint density at radius 1 is 1.32 bits per heavy atom. The number of rotatable bonds is 4. The Bertz CT molecular complexity index is 670. The van der Waals surface area contributed by atoms with Gasteiger partial charge in [0.05, 0.1) is 25.5 Å². The quantitative estimate of drug-likeness (QED) is 0.942. The normalized spacial score (nSPS) is 17.0. The van der Waals surface area contributed by atoms with Crippen molar-refractivity contribution >= 4 is 0 Å². The minimum Gasteiger partial charge on any atom is -0.493 e. The number of fused-ring (bicyclic) bond motifs is 1. The minimum atomic E-state index is 0.107. The van der Waals surface area contributed by atoms with Crippen LogP contribution in [0.4, 0.5) is 0 Å². The SMILES string of the molecule is CCOc1cc2c(cc1OC)CCNC2c1ncccc1C. The molecule has 4 heteroatoms. The summed E-state index contributed by atoms with van der Waals surface area (Å²) in [5, 5.41) is 3.58. The number of methoxy groups -OCH3 is 1. The molecule has 22 heavy (non-hydrogen) atoms. The first-order valence-corrected chi connectivity index (χ1v) is 7.73. The van der Waals surface area contributed by atoms with E-state index in [1.165, 1.54) is 16.7 Å². The zero-order valence-corrected chi connectivity index (χ0v) is 13.3. The second kappa shape index (κ2) is 6.36. The molecular weight excluding hydrogens is 276 g/mol. The van der Waals surface area contributed by atoms with Crippen molar-refractivity contribution in [2.75, 3.05) is 20.3 Å². The van der Waals surface area contributed by atoms with E-state index < -0.39 is 0 Å². The van der Waals surface area contributed by atoms with Gasteiger partial charge in [-0.1, -0.05) is 6.07 Å². The van der Waals surface area contributed by atoms with Gasteiger partial charge in [0.1, 0.15) is 0 Å². The molecular formula is C18H22N2O2. The van der Waals surface area contributed by atoms with E-state index in [9.17, 15) is 0 Å². The Hall–Kier alpha value is -2.07. The number of aromatic nitrogens is 1. The van der Waals surface area contributed by atoms with Gasteiger partial charge < -0.3 is 14.8 Å². The number of nitrogens with one attached hydrogen (secondary N) is 1. The van der Waals surface area contributed by atoms with E-state index in [-0.39, 0.29) is 6.04 Å². The lowest BCUT2D eigenvalue weighted by Crippen LogP contribution is -2.31. The molecule has 1 aromatic carbocycles. The third-order valence-corrected chi connectivity index (χ3v) is 4.10. The van der Waals surface area contributed by atoms with Crippen LogP contribution in [0, 0.1) is 6.92 Å². The van der Waals surface area contributed by atoms with Gasteiger partial charge in [-0.25, -0.2) is 0 Å². The van der Waals surface area contributed by atoms with Gasteiger partial charge in [0.2, 0.25) is 0 Å². The van der Waals surface area contributed by atoms with Crippen LogP contribution in [0.2, 0.25) is 0 Å². The fourth-order valence-corrected chi connectivity index (χ4v) is 3.04. The molecule has 0 bridgehead atoms. The standard InChI is InChI=1S/C18H22N2O2/c1-4-22-16-11-14-13(10-15(16)21-3)7-9-20-18(14)17-12(2)6-5-8-19-17/h5-6,8,10-11,18,20H,4,7,9H2,1-3H3. The summed E-state index contributed by atoms with van der Waals surface area (Å²) in [7, 11) is 1.69. The van der Waals surface area contributed by atoms with E-state index in [0.717, 1.165) is 30.2 Å². The summed E-state index contributed by atoms with van der Waals surface area (Å²) in [6.45, 7) is 5.64. The number of hydrogen-bond donors (Lipinski definition) is 1. The molecule has 0 saturated carbocycles. The van der Waals surface area contributed by atoms with Gasteiger partial charge in [-0.3, -0.25) is 4.98 Å². The van der Waals surface area contributed by atoms with Gasteiger partial charge in [0, 0.05) is 12.7 Å². The van der Waals surface area contributed by atoms with Crippen LogP contribution in [-0.2, 0) is 6.42 Å². The second-order valence-electron chi connectivity index (χ2n) is 5.48. The summed E-state index contributed by atoms with van der Waals surface area (Å²) in [6.07, 6.45) is 2.84. The Morgan fingerprint density at radius 2 is 2.18 bits per heavy atom. The number of aryl methyl sites for hydroxylation is 1. The van der Waals surface area contributed by atoms with Gasteiger partial charge in [-0.2, -0.15) is 0 Å². The fraction of sp³-hybridized carbons (Fsp3) is 0.389. The van der Waals surface area contributed by atoms with Crippen molar-refractivity contribution in [3.05, 3.63) is 52.8 Å². The van der Waals surface area contributed by atoms with Gasteiger partial charge >= 0.3 is 0 Å². The van der Waals surface area contributed by atoms with E-state index in [4.69, 9.17) is 9.47 Å². The molecule has 116 valence electrons. The highest BCUT2D eigenvalue weighted by molar-refractivity contribution is 5.51. The number of ether oxygens (including phenoxy) is 2. The highest BCUT2D eigenvalue weighted by atomic mass is 16.5. The monoisotopic (exact) mass is 298 g/mol. The highest BCUT2D eigenvalue weighted by Crippen LogP contribution is 2.37. The average Bonchev–Trinajstić information content (AvgIpc) is 2.54. The van der Waals surface area contributed by atoms with Gasteiger partial charge in [0.15, 0.2) is 11.5 Å². The minimum absolute atomic E-state index is 0.107. The smallest absolute Gasteiger partial charge is 0.161 e. The summed E-state index contributed by atoms with van der Waals surface area (Å²) in [5.74, 6) is 1.60. The van der Waals surface area contributed by atoms with Crippen molar-refractivity contribution < 1.29 is 9.47 Å². The number of hydrogen-bond acceptors (Lipinski definition) is 4. The molecule has 0 amide bonds. The molecule has 0 spiro atoms. The van der Waals surface area contributed by atoms with Crippen molar-refractivity contribution in [2.45, 2.75) is 26.3 Å². The predicted molar refractivity (Wildman–Crippen MR) is 86.7 cm³/mol. The Balaban J connectivity index is 2.09. The van der Waals surface area contributed by atoms with E-state index in [0.29, 0.717) is 6.61 Å².